The number of methoxy groups -OCH3 is 1. The van der Waals surface area contributed by atoms with Crippen LogP contribution in [0.3, 0.4) is 0 Å². The van der Waals surface area contributed by atoms with Crippen LogP contribution in [-0.2, 0) is 19.1 Å². The van der Waals surface area contributed by atoms with Crippen molar-refractivity contribution < 1.29 is 27.8 Å². The highest BCUT2D eigenvalue weighted by Crippen LogP contribution is 2.37. The summed E-state index contributed by atoms with van der Waals surface area (Å²) in [7, 11) is 1.45. The molecule has 0 aromatic rings. The van der Waals surface area contributed by atoms with Crippen LogP contribution in [0.4, 0.5) is 8.78 Å². The third-order valence-corrected chi connectivity index (χ3v) is 4.66. The molecule has 8 heteroatoms. The van der Waals surface area contributed by atoms with Crippen molar-refractivity contribution in [2.75, 3.05) is 33.4 Å². The number of hydrogen-bond donors (Lipinski definition) is 1. The normalized spacial score (nSPS) is 29.1. The SMILES string of the molecule is CO[C@]1(CC(N)=O)COCCN(C(=O)C2CCC(F)(F)CC2)C1. The number of ether oxygens (including phenoxy) is 2. The van der Waals surface area contributed by atoms with Crippen molar-refractivity contribution in [2.45, 2.75) is 43.6 Å². The number of primary amides is 1. The van der Waals surface area contributed by atoms with Gasteiger partial charge in [0, 0.05) is 32.4 Å². The summed E-state index contributed by atoms with van der Waals surface area (Å²) in [4.78, 5) is 25.5. The maximum Gasteiger partial charge on any atom is 0.248 e. The van der Waals surface area contributed by atoms with Gasteiger partial charge < -0.3 is 20.1 Å². The molecule has 0 spiro atoms. The molecule has 0 aromatic carbocycles. The second-order valence-electron chi connectivity index (χ2n) is 6.47. The van der Waals surface area contributed by atoms with Gasteiger partial charge in [0.1, 0.15) is 5.60 Å². The highest BCUT2D eigenvalue weighted by Gasteiger charge is 2.42. The van der Waals surface area contributed by atoms with Crippen LogP contribution >= 0.6 is 0 Å². The van der Waals surface area contributed by atoms with Gasteiger partial charge in [-0.15, -0.1) is 0 Å². The lowest BCUT2D eigenvalue weighted by Crippen LogP contribution is -2.51. The number of nitrogens with zero attached hydrogens (tertiary/aromatic N) is 1. The quantitative estimate of drug-likeness (QED) is 0.829. The van der Waals surface area contributed by atoms with Crippen LogP contribution in [0.25, 0.3) is 0 Å². The van der Waals surface area contributed by atoms with Gasteiger partial charge in [-0.05, 0) is 12.8 Å². The van der Waals surface area contributed by atoms with Crippen LogP contribution in [0.2, 0.25) is 0 Å². The molecule has 1 aliphatic heterocycles. The van der Waals surface area contributed by atoms with Crippen molar-refractivity contribution in [2.24, 2.45) is 11.7 Å². The van der Waals surface area contributed by atoms with Crippen LogP contribution < -0.4 is 5.73 Å². The van der Waals surface area contributed by atoms with Crippen LogP contribution in [0, 0.1) is 5.92 Å². The third-order valence-electron chi connectivity index (χ3n) is 4.66. The molecule has 1 saturated carbocycles. The van der Waals surface area contributed by atoms with E-state index in [9.17, 15) is 18.4 Å². The molecule has 2 amide bonds. The van der Waals surface area contributed by atoms with E-state index >= 15 is 0 Å². The summed E-state index contributed by atoms with van der Waals surface area (Å²) in [6, 6.07) is 0. The lowest BCUT2D eigenvalue weighted by atomic mass is 9.85. The van der Waals surface area contributed by atoms with Crippen molar-refractivity contribution >= 4 is 11.8 Å². The molecule has 1 aliphatic carbocycles. The van der Waals surface area contributed by atoms with Crippen molar-refractivity contribution in [3.05, 3.63) is 0 Å². The van der Waals surface area contributed by atoms with Crippen molar-refractivity contribution in [3.63, 3.8) is 0 Å². The number of hydrogen-bond acceptors (Lipinski definition) is 4. The Morgan fingerprint density at radius 3 is 2.57 bits per heavy atom. The van der Waals surface area contributed by atoms with Gasteiger partial charge in [0.2, 0.25) is 17.7 Å². The first kappa shape index (κ1) is 18.1. The van der Waals surface area contributed by atoms with Gasteiger partial charge >= 0.3 is 0 Å². The number of carbonyl (C=O) groups is 2. The molecule has 0 bridgehead atoms. The molecule has 1 saturated heterocycles. The Kier molecular flexibility index (Phi) is 5.57. The largest absolute Gasteiger partial charge is 0.377 e. The Balaban J connectivity index is 2.05. The first-order valence-electron chi connectivity index (χ1n) is 7.85. The first-order chi connectivity index (χ1) is 10.8. The summed E-state index contributed by atoms with van der Waals surface area (Å²) in [5.74, 6) is -3.78. The Morgan fingerprint density at radius 1 is 1.35 bits per heavy atom. The molecule has 0 radical (unpaired) electrons. The number of amides is 2. The zero-order valence-electron chi connectivity index (χ0n) is 13.4. The molecule has 132 valence electrons. The van der Waals surface area contributed by atoms with Gasteiger partial charge in [-0.25, -0.2) is 8.78 Å². The van der Waals surface area contributed by atoms with Gasteiger partial charge in [0.15, 0.2) is 0 Å². The van der Waals surface area contributed by atoms with Gasteiger partial charge in [0.05, 0.1) is 26.2 Å². The Morgan fingerprint density at radius 2 is 2.00 bits per heavy atom. The fraction of sp³-hybridized carbons (Fsp3) is 0.867. The van der Waals surface area contributed by atoms with E-state index in [2.05, 4.69) is 0 Å². The van der Waals surface area contributed by atoms with Crippen LogP contribution in [0.15, 0.2) is 0 Å². The molecule has 0 aromatic heterocycles. The topological polar surface area (TPSA) is 81.9 Å². The van der Waals surface area contributed by atoms with Crippen LogP contribution in [0.1, 0.15) is 32.1 Å². The van der Waals surface area contributed by atoms with E-state index in [1.165, 1.54) is 7.11 Å². The molecular weight excluding hydrogens is 310 g/mol. The second kappa shape index (κ2) is 7.09. The first-order valence-corrected chi connectivity index (χ1v) is 7.85. The zero-order chi connectivity index (χ0) is 17.1. The minimum Gasteiger partial charge on any atom is -0.377 e. The molecule has 0 unspecified atom stereocenters. The van der Waals surface area contributed by atoms with E-state index in [1.54, 1.807) is 4.90 Å². The predicted octanol–water partition coefficient (Wildman–Crippen LogP) is 0.931. The van der Waals surface area contributed by atoms with Gasteiger partial charge in [-0.1, -0.05) is 0 Å². The smallest absolute Gasteiger partial charge is 0.248 e. The van der Waals surface area contributed by atoms with E-state index in [0.29, 0.717) is 13.2 Å². The molecule has 1 atom stereocenters. The molecule has 2 fully saturated rings. The summed E-state index contributed by atoms with van der Waals surface area (Å²) in [5, 5.41) is 0. The lowest BCUT2D eigenvalue weighted by Gasteiger charge is -2.36. The zero-order valence-corrected chi connectivity index (χ0v) is 13.4. The van der Waals surface area contributed by atoms with E-state index in [4.69, 9.17) is 15.2 Å². The van der Waals surface area contributed by atoms with Gasteiger partial charge in [-0.2, -0.15) is 0 Å². The second-order valence-corrected chi connectivity index (χ2v) is 6.47. The van der Waals surface area contributed by atoms with Crippen LogP contribution in [0.5, 0.6) is 0 Å². The Labute approximate surface area is 134 Å². The fourth-order valence-corrected chi connectivity index (χ4v) is 3.26. The Bertz CT molecular complexity index is 451. The lowest BCUT2D eigenvalue weighted by molar-refractivity contribution is -0.145. The van der Waals surface area contributed by atoms with E-state index in [-0.39, 0.29) is 51.2 Å². The van der Waals surface area contributed by atoms with E-state index in [0.717, 1.165) is 0 Å². The molecule has 2 N–H and O–H groups in total. The highest BCUT2D eigenvalue weighted by molar-refractivity contribution is 5.79. The van der Waals surface area contributed by atoms with Crippen molar-refractivity contribution in [1.82, 2.24) is 4.90 Å². The minimum atomic E-state index is -2.67. The summed E-state index contributed by atoms with van der Waals surface area (Å²) in [6.45, 7) is 1.02. The number of nitrogens with two attached hydrogens (primary N) is 1. The number of rotatable bonds is 4. The fourth-order valence-electron chi connectivity index (χ4n) is 3.26. The average molecular weight is 334 g/mol. The summed E-state index contributed by atoms with van der Waals surface area (Å²) in [5.41, 5.74) is 4.29. The van der Waals surface area contributed by atoms with Gasteiger partial charge in [-0.3, -0.25) is 9.59 Å². The summed E-state index contributed by atoms with van der Waals surface area (Å²) < 4.78 is 37.4. The molecule has 6 nitrogen and oxygen atoms in total. The predicted molar refractivity (Wildman–Crippen MR) is 77.9 cm³/mol. The third kappa shape index (κ3) is 4.60. The Hall–Kier alpha value is -1.28. The molecule has 2 aliphatic rings. The van der Waals surface area contributed by atoms with Crippen LogP contribution in [-0.4, -0.2) is 61.7 Å². The number of carbonyl (C=O) groups excluding carboxylic acids is 2. The standard InChI is InChI=1S/C15H24F2N2O4/c1-22-14(8-12(18)20)9-19(6-7-23-10-14)13(21)11-2-4-15(16,17)5-3-11/h11H,2-10H2,1H3,(H2,18,20)/t14-/m0/s1. The van der Waals surface area contributed by atoms with Gasteiger partial charge in [0.25, 0.3) is 0 Å². The monoisotopic (exact) mass is 334 g/mol. The maximum absolute atomic E-state index is 13.3. The molecular formula is C15H24F2N2O4. The van der Waals surface area contributed by atoms with E-state index in [1.807, 2.05) is 0 Å². The maximum atomic E-state index is 13.3. The minimum absolute atomic E-state index is 0.0595. The highest BCUT2D eigenvalue weighted by atomic mass is 19.3. The summed E-state index contributed by atoms with van der Waals surface area (Å²) >= 11 is 0. The van der Waals surface area contributed by atoms with Crippen molar-refractivity contribution in [3.8, 4) is 0 Å². The summed E-state index contributed by atoms with van der Waals surface area (Å²) in [6.07, 6.45) is -0.219. The molecule has 1 heterocycles. The number of alkyl halides is 2. The molecule has 2 rings (SSSR count). The number of halogens is 2. The average Bonchev–Trinajstić information content (AvgIpc) is 2.69. The molecule has 23 heavy (non-hydrogen) atoms. The van der Waals surface area contributed by atoms with Crippen molar-refractivity contribution in [1.29, 1.82) is 0 Å². The van der Waals surface area contributed by atoms with E-state index < -0.39 is 23.3 Å².